The van der Waals surface area contributed by atoms with Gasteiger partial charge in [0.15, 0.2) is 0 Å². The molecule has 1 aromatic rings. The number of hydrogen-bond acceptors (Lipinski definition) is 4. The van der Waals surface area contributed by atoms with Crippen LogP contribution in [0.1, 0.15) is 12.5 Å². The molecule has 124 valence electrons. The minimum atomic E-state index is -0.307. The van der Waals surface area contributed by atoms with Crippen molar-refractivity contribution in [3.63, 3.8) is 0 Å². The van der Waals surface area contributed by atoms with Crippen molar-refractivity contribution < 1.29 is 9.59 Å². The van der Waals surface area contributed by atoms with Gasteiger partial charge in [0.1, 0.15) is 0 Å². The van der Waals surface area contributed by atoms with Crippen LogP contribution in [0.5, 0.6) is 0 Å². The van der Waals surface area contributed by atoms with Gasteiger partial charge in [0.05, 0.1) is 12.6 Å². The lowest BCUT2D eigenvalue weighted by Gasteiger charge is -2.37. The number of benzene rings is 1. The third-order valence-electron chi connectivity index (χ3n) is 4.94. The van der Waals surface area contributed by atoms with E-state index >= 15 is 0 Å². The van der Waals surface area contributed by atoms with Crippen LogP contribution < -0.4 is 10.6 Å². The third-order valence-corrected chi connectivity index (χ3v) is 4.94. The summed E-state index contributed by atoms with van der Waals surface area (Å²) in [6, 6.07) is 8.01. The Morgan fingerprint density at radius 3 is 2.52 bits per heavy atom. The Labute approximate surface area is 136 Å². The van der Waals surface area contributed by atoms with Gasteiger partial charge in [0.2, 0.25) is 11.8 Å². The van der Waals surface area contributed by atoms with E-state index in [0.29, 0.717) is 32.7 Å². The minimum Gasteiger partial charge on any atom is -0.368 e. The van der Waals surface area contributed by atoms with Gasteiger partial charge in [0, 0.05) is 38.4 Å². The molecule has 3 rings (SSSR count). The van der Waals surface area contributed by atoms with E-state index in [0.717, 1.165) is 13.0 Å². The number of nitrogens with two attached hydrogens (primary N) is 1. The van der Waals surface area contributed by atoms with Crippen LogP contribution in [-0.4, -0.2) is 66.9 Å². The van der Waals surface area contributed by atoms with Crippen molar-refractivity contribution in [2.75, 3.05) is 44.2 Å². The maximum Gasteiger partial charge on any atom is 0.242 e. The molecule has 6 nitrogen and oxygen atoms in total. The van der Waals surface area contributed by atoms with Crippen LogP contribution in [0.4, 0.5) is 5.69 Å². The summed E-state index contributed by atoms with van der Waals surface area (Å²) in [5, 5.41) is 0. The van der Waals surface area contributed by atoms with Gasteiger partial charge < -0.3 is 15.5 Å². The molecule has 23 heavy (non-hydrogen) atoms. The predicted molar refractivity (Wildman–Crippen MR) is 89.2 cm³/mol. The van der Waals surface area contributed by atoms with E-state index < -0.39 is 0 Å². The molecule has 0 aromatic heterocycles. The molecule has 1 fully saturated rings. The molecular formula is C17H24N4O2. The Morgan fingerprint density at radius 2 is 1.83 bits per heavy atom. The number of carbonyl (C=O) groups is 2. The average Bonchev–Trinajstić information content (AvgIpc) is 2.97. The van der Waals surface area contributed by atoms with Gasteiger partial charge in [-0.1, -0.05) is 18.2 Å². The number of para-hydroxylation sites is 1. The fourth-order valence-electron chi connectivity index (χ4n) is 3.37. The Bertz CT molecular complexity index is 596. The quantitative estimate of drug-likeness (QED) is 0.853. The van der Waals surface area contributed by atoms with Crippen LogP contribution in [0, 0.1) is 0 Å². The standard InChI is InChI=1S/C17H24N4O2/c1-13(17(18)23)19-8-10-20(11-9-19)16(22)12-21-7-6-14-4-2-3-5-15(14)21/h2-5,13H,6-12H2,1H3,(H2,18,23). The first-order valence-electron chi connectivity index (χ1n) is 8.20. The zero-order valence-corrected chi connectivity index (χ0v) is 13.6. The molecule has 0 radical (unpaired) electrons. The highest BCUT2D eigenvalue weighted by Crippen LogP contribution is 2.27. The molecule has 2 N–H and O–H groups in total. The van der Waals surface area contributed by atoms with Crippen LogP contribution in [0.15, 0.2) is 24.3 Å². The minimum absolute atomic E-state index is 0.160. The molecule has 0 spiro atoms. The fourth-order valence-corrected chi connectivity index (χ4v) is 3.37. The van der Waals surface area contributed by atoms with E-state index in [-0.39, 0.29) is 17.9 Å². The molecule has 6 heteroatoms. The Balaban J connectivity index is 1.54. The van der Waals surface area contributed by atoms with E-state index in [1.54, 1.807) is 0 Å². The second-order valence-corrected chi connectivity index (χ2v) is 6.30. The Kier molecular flexibility index (Phi) is 4.52. The second kappa shape index (κ2) is 6.58. The summed E-state index contributed by atoms with van der Waals surface area (Å²) in [6.45, 7) is 5.88. The normalized spacial score (nSPS) is 19.5. The maximum atomic E-state index is 12.5. The second-order valence-electron chi connectivity index (χ2n) is 6.30. The molecule has 1 unspecified atom stereocenters. The Hall–Kier alpha value is -2.08. The first kappa shape index (κ1) is 15.8. The zero-order chi connectivity index (χ0) is 16.4. The van der Waals surface area contributed by atoms with Crippen molar-refractivity contribution in [2.45, 2.75) is 19.4 Å². The molecule has 2 aliphatic heterocycles. The SMILES string of the molecule is CC(C(N)=O)N1CCN(C(=O)CN2CCc3ccccc32)CC1. The molecule has 2 aliphatic rings. The van der Waals surface area contributed by atoms with Crippen LogP contribution in [0.3, 0.4) is 0 Å². The predicted octanol–water partition coefficient (Wildman–Crippen LogP) is 0.0671. The fraction of sp³-hybridized carbons (Fsp3) is 0.529. The highest BCUT2D eigenvalue weighted by molar-refractivity contribution is 5.83. The number of fused-ring (bicyclic) bond motifs is 1. The summed E-state index contributed by atoms with van der Waals surface area (Å²) in [7, 11) is 0. The van der Waals surface area contributed by atoms with Crippen molar-refractivity contribution in [1.29, 1.82) is 0 Å². The van der Waals surface area contributed by atoms with Crippen LogP contribution in [0.2, 0.25) is 0 Å². The number of rotatable bonds is 4. The van der Waals surface area contributed by atoms with E-state index in [9.17, 15) is 9.59 Å². The van der Waals surface area contributed by atoms with E-state index in [1.807, 2.05) is 28.9 Å². The molecule has 0 aliphatic carbocycles. The van der Waals surface area contributed by atoms with Crippen LogP contribution >= 0.6 is 0 Å². The van der Waals surface area contributed by atoms with Crippen molar-refractivity contribution in [3.05, 3.63) is 29.8 Å². The van der Waals surface area contributed by atoms with Crippen LogP contribution in [0.25, 0.3) is 0 Å². The smallest absolute Gasteiger partial charge is 0.242 e. The summed E-state index contributed by atoms with van der Waals surface area (Å²) in [4.78, 5) is 29.9. The number of hydrogen-bond donors (Lipinski definition) is 1. The van der Waals surface area contributed by atoms with Gasteiger partial charge in [-0.2, -0.15) is 0 Å². The van der Waals surface area contributed by atoms with Gasteiger partial charge in [-0.05, 0) is 25.0 Å². The lowest BCUT2D eigenvalue weighted by Crippen LogP contribution is -2.55. The highest BCUT2D eigenvalue weighted by Gasteiger charge is 2.28. The van der Waals surface area contributed by atoms with Gasteiger partial charge >= 0.3 is 0 Å². The molecule has 2 amide bonds. The monoisotopic (exact) mass is 316 g/mol. The summed E-state index contributed by atoms with van der Waals surface area (Å²) < 4.78 is 0. The lowest BCUT2D eigenvalue weighted by molar-refractivity contribution is -0.132. The van der Waals surface area contributed by atoms with Gasteiger partial charge in [-0.15, -0.1) is 0 Å². The molecule has 0 saturated carbocycles. The van der Waals surface area contributed by atoms with Gasteiger partial charge in [-0.25, -0.2) is 0 Å². The van der Waals surface area contributed by atoms with Crippen molar-refractivity contribution in [2.24, 2.45) is 5.73 Å². The molecule has 1 atom stereocenters. The van der Waals surface area contributed by atoms with Crippen molar-refractivity contribution in [3.8, 4) is 0 Å². The third kappa shape index (κ3) is 3.32. The van der Waals surface area contributed by atoms with E-state index in [4.69, 9.17) is 5.73 Å². The van der Waals surface area contributed by atoms with Crippen LogP contribution in [-0.2, 0) is 16.0 Å². The Morgan fingerprint density at radius 1 is 1.13 bits per heavy atom. The maximum absolute atomic E-state index is 12.5. The number of primary amides is 1. The number of piperazine rings is 1. The number of anilines is 1. The van der Waals surface area contributed by atoms with E-state index in [1.165, 1.54) is 11.3 Å². The summed E-state index contributed by atoms with van der Waals surface area (Å²) in [5.74, 6) is -0.147. The number of carbonyl (C=O) groups excluding carboxylic acids is 2. The lowest BCUT2D eigenvalue weighted by atomic mass is 10.2. The van der Waals surface area contributed by atoms with Gasteiger partial charge in [-0.3, -0.25) is 14.5 Å². The van der Waals surface area contributed by atoms with E-state index in [2.05, 4.69) is 17.0 Å². The summed E-state index contributed by atoms with van der Waals surface area (Å²) in [5.41, 5.74) is 7.85. The largest absolute Gasteiger partial charge is 0.368 e. The topological polar surface area (TPSA) is 69.9 Å². The first-order chi connectivity index (χ1) is 11.1. The number of nitrogens with zero attached hydrogens (tertiary/aromatic N) is 3. The summed E-state index contributed by atoms with van der Waals surface area (Å²) in [6.07, 6.45) is 1.01. The molecule has 1 saturated heterocycles. The molecular weight excluding hydrogens is 292 g/mol. The molecule has 2 heterocycles. The number of amides is 2. The first-order valence-corrected chi connectivity index (χ1v) is 8.20. The highest BCUT2D eigenvalue weighted by atomic mass is 16.2. The van der Waals surface area contributed by atoms with Crippen molar-refractivity contribution >= 4 is 17.5 Å². The average molecular weight is 316 g/mol. The molecule has 1 aromatic carbocycles. The van der Waals surface area contributed by atoms with Crippen molar-refractivity contribution in [1.82, 2.24) is 9.80 Å². The van der Waals surface area contributed by atoms with Gasteiger partial charge in [0.25, 0.3) is 0 Å². The zero-order valence-electron chi connectivity index (χ0n) is 13.6. The molecule has 0 bridgehead atoms. The summed E-state index contributed by atoms with van der Waals surface area (Å²) >= 11 is 0.